The van der Waals surface area contributed by atoms with E-state index in [2.05, 4.69) is 12.2 Å². The molecule has 0 spiro atoms. The van der Waals surface area contributed by atoms with Crippen LogP contribution in [0.5, 0.6) is 5.75 Å². The number of para-hydroxylation sites is 1. The van der Waals surface area contributed by atoms with Crippen LogP contribution in [0.25, 0.3) is 0 Å². The molecule has 0 radical (unpaired) electrons. The lowest BCUT2D eigenvalue weighted by Crippen LogP contribution is -2.30. The first-order valence-corrected chi connectivity index (χ1v) is 6.80. The Bertz CT molecular complexity index is 382. The van der Waals surface area contributed by atoms with E-state index in [0.717, 1.165) is 12.8 Å². The van der Waals surface area contributed by atoms with E-state index in [1.165, 1.54) is 0 Å². The number of aromatic hydroxyl groups is 1. The Morgan fingerprint density at radius 2 is 2.17 bits per heavy atom. The molecule has 2 N–H and O–H groups in total. The second-order valence-corrected chi connectivity index (χ2v) is 4.74. The number of rotatable bonds is 7. The van der Waals surface area contributed by atoms with Gasteiger partial charge in [-0.25, -0.2) is 0 Å². The predicted octanol–water partition coefficient (Wildman–Crippen LogP) is 2.71. The molecule has 1 unspecified atom stereocenters. The minimum absolute atomic E-state index is 0.0653. The number of carbonyl (C=O) groups is 1. The third-order valence-electron chi connectivity index (χ3n) is 3.03. The van der Waals surface area contributed by atoms with Gasteiger partial charge in [0.15, 0.2) is 0 Å². The Balaban J connectivity index is 2.40. The zero-order valence-electron chi connectivity index (χ0n) is 10.7. The van der Waals surface area contributed by atoms with E-state index in [1.807, 2.05) is 6.07 Å². The summed E-state index contributed by atoms with van der Waals surface area (Å²) in [6, 6.07) is 6.89. The Morgan fingerprint density at radius 3 is 2.78 bits per heavy atom. The van der Waals surface area contributed by atoms with Crippen LogP contribution in [-0.4, -0.2) is 23.4 Å². The van der Waals surface area contributed by atoms with Crippen molar-refractivity contribution in [3.63, 3.8) is 0 Å². The van der Waals surface area contributed by atoms with Gasteiger partial charge in [-0.2, -0.15) is 0 Å². The van der Waals surface area contributed by atoms with Crippen molar-refractivity contribution in [1.29, 1.82) is 0 Å². The fraction of sp³-hybridized carbons (Fsp3) is 0.500. The largest absolute Gasteiger partial charge is 0.508 e. The van der Waals surface area contributed by atoms with Crippen molar-refractivity contribution >= 4 is 17.5 Å². The molecule has 0 bridgehead atoms. The van der Waals surface area contributed by atoms with E-state index < -0.39 is 0 Å². The van der Waals surface area contributed by atoms with Gasteiger partial charge in [-0.3, -0.25) is 4.79 Å². The summed E-state index contributed by atoms with van der Waals surface area (Å²) in [6.07, 6.45) is 2.13. The van der Waals surface area contributed by atoms with Crippen molar-refractivity contribution in [2.45, 2.75) is 26.2 Å². The van der Waals surface area contributed by atoms with Gasteiger partial charge in [-0.15, -0.1) is 11.6 Å². The maximum atomic E-state index is 11.7. The van der Waals surface area contributed by atoms with Crippen LogP contribution in [0.2, 0.25) is 0 Å². The van der Waals surface area contributed by atoms with Crippen LogP contribution >= 0.6 is 11.6 Å². The first kappa shape index (κ1) is 14.8. The molecule has 0 saturated heterocycles. The average Bonchev–Trinajstić information content (AvgIpc) is 2.37. The SMILES string of the molecule is CCC(CCCl)CNC(=O)Cc1ccccc1O. The molecule has 1 amide bonds. The molecular formula is C14H20ClNO2. The predicted molar refractivity (Wildman–Crippen MR) is 73.9 cm³/mol. The second kappa shape index (κ2) is 7.98. The summed E-state index contributed by atoms with van der Waals surface area (Å²) < 4.78 is 0. The van der Waals surface area contributed by atoms with Gasteiger partial charge in [-0.05, 0) is 18.4 Å². The number of benzene rings is 1. The second-order valence-electron chi connectivity index (χ2n) is 4.36. The molecule has 1 aromatic rings. The number of nitrogens with one attached hydrogen (secondary N) is 1. The number of phenolic OH excluding ortho intramolecular Hbond substituents is 1. The quantitative estimate of drug-likeness (QED) is 0.748. The maximum absolute atomic E-state index is 11.7. The highest BCUT2D eigenvalue weighted by Gasteiger charge is 2.10. The summed E-state index contributed by atoms with van der Waals surface area (Å²) in [5.74, 6) is 1.15. The first-order valence-electron chi connectivity index (χ1n) is 6.26. The summed E-state index contributed by atoms with van der Waals surface area (Å²) in [5, 5.41) is 12.5. The van der Waals surface area contributed by atoms with Crippen LogP contribution in [0.15, 0.2) is 24.3 Å². The molecule has 0 heterocycles. The topological polar surface area (TPSA) is 49.3 Å². The van der Waals surface area contributed by atoms with Gasteiger partial charge in [0, 0.05) is 18.0 Å². The first-order chi connectivity index (χ1) is 8.67. The van der Waals surface area contributed by atoms with Gasteiger partial charge in [0.25, 0.3) is 0 Å². The minimum atomic E-state index is -0.0653. The highest BCUT2D eigenvalue weighted by atomic mass is 35.5. The molecule has 1 atom stereocenters. The van der Waals surface area contributed by atoms with Crippen LogP contribution in [0.4, 0.5) is 0 Å². The number of phenols is 1. The zero-order valence-corrected chi connectivity index (χ0v) is 11.4. The molecule has 3 nitrogen and oxygen atoms in total. The third kappa shape index (κ3) is 4.96. The Morgan fingerprint density at radius 1 is 1.44 bits per heavy atom. The summed E-state index contributed by atoms with van der Waals surface area (Å²) in [4.78, 5) is 11.7. The number of amides is 1. The summed E-state index contributed by atoms with van der Waals surface area (Å²) >= 11 is 5.70. The molecule has 0 saturated carbocycles. The number of hydrogen-bond acceptors (Lipinski definition) is 2. The molecule has 1 aromatic carbocycles. The molecule has 0 aliphatic carbocycles. The van der Waals surface area contributed by atoms with E-state index >= 15 is 0 Å². The number of hydrogen-bond donors (Lipinski definition) is 2. The highest BCUT2D eigenvalue weighted by Crippen LogP contribution is 2.16. The fourth-order valence-electron chi connectivity index (χ4n) is 1.76. The molecule has 1 rings (SSSR count). The molecule has 0 aliphatic rings. The lowest BCUT2D eigenvalue weighted by atomic mass is 10.0. The van der Waals surface area contributed by atoms with Crippen molar-refractivity contribution in [3.05, 3.63) is 29.8 Å². The van der Waals surface area contributed by atoms with Gasteiger partial charge in [0.2, 0.25) is 5.91 Å². The molecular weight excluding hydrogens is 250 g/mol. The van der Waals surface area contributed by atoms with Gasteiger partial charge in [0.05, 0.1) is 6.42 Å². The third-order valence-corrected chi connectivity index (χ3v) is 3.24. The smallest absolute Gasteiger partial charge is 0.224 e. The van der Waals surface area contributed by atoms with Gasteiger partial charge >= 0.3 is 0 Å². The fourth-order valence-corrected chi connectivity index (χ4v) is 2.07. The van der Waals surface area contributed by atoms with Gasteiger partial charge < -0.3 is 10.4 Å². The molecule has 18 heavy (non-hydrogen) atoms. The number of halogens is 1. The Kier molecular flexibility index (Phi) is 6.58. The van der Waals surface area contributed by atoms with Crippen LogP contribution in [0, 0.1) is 5.92 Å². The van der Waals surface area contributed by atoms with E-state index in [1.54, 1.807) is 18.2 Å². The summed E-state index contributed by atoms with van der Waals surface area (Å²) in [7, 11) is 0. The molecule has 100 valence electrons. The van der Waals surface area contributed by atoms with Crippen LogP contribution in [-0.2, 0) is 11.2 Å². The van der Waals surface area contributed by atoms with Crippen molar-refractivity contribution in [3.8, 4) is 5.75 Å². The molecule has 4 heteroatoms. The van der Waals surface area contributed by atoms with Crippen molar-refractivity contribution in [2.75, 3.05) is 12.4 Å². The molecule has 0 aromatic heterocycles. The van der Waals surface area contributed by atoms with Crippen LogP contribution in [0.1, 0.15) is 25.3 Å². The van der Waals surface area contributed by atoms with E-state index in [0.29, 0.717) is 23.9 Å². The monoisotopic (exact) mass is 269 g/mol. The highest BCUT2D eigenvalue weighted by molar-refractivity contribution is 6.17. The lowest BCUT2D eigenvalue weighted by molar-refractivity contribution is -0.120. The Hall–Kier alpha value is -1.22. The minimum Gasteiger partial charge on any atom is -0.508 e. The van der Waals surface area contributed by atoms with Crippen LogP contribution < -0.4 is 5.32 Å². The number of alkyl halides is 1. The Labute approximate surface area is 113 Å². The molecule has 0 fully saturated rings. The number of carbonyl (C=O) groups excluding carboxylic acids is 1. The van der Waals surface area contributed by atoms with E-state index in [9.17, 15) is 9.90 Å². The van der Waals surface area contributed by atoms with Crippen molar-refractivity contribution < 1.29 is 9.90 Å². The molecule has 0 aliphatic heterocycles. The normalized spacial score (nSPS) is 12.1. The van der Waals surface area contributed by atoms with Gasteiger partial charge in [-0.1, -0.05) is 31.5 Å². The maximum Gasteiger partial charge on any atom is 0.224 e. The van der Waals surface area contributed by atoms with Crippen LogP contribution in [0.3, 0.4) is 0 Å². The average molecular weight is 270 g/mol. The van der Waals surface area contributed by atoms with E-state index in [-0.39, 0.29) is 18.1 Å². The zero-order chi connectivity index (χ0) is 13.4. The van der Waals surface area contributed by atoms with E-state index in [4.69, 9.17) is 11.6 Å². The van der Waals surface area contributed by atoms with Crippen molar-refractivity contribution in [1.82, 2.24) is 5.32 Å². The summed E-state index contributed by atoms with van der Waals surface area (Å²) in [5.41, 5.74) is 0.653. The van der Waals surface area contributed by atoms with Crippen molar-refractivity contribution in [2.24, 2.45) is 5.92 Å². The van der Waals surface area contributed by atoms with Gasteiger partial charge in [0.1, 0.15) is 5.75 Å². The standard InChI is InChI=1S/C14H20ClNO2/c1-2-11(7-8-15)10-16-14(18)9-12-5-3-4-6-13(12)17/h3-6,11,17H,2,7-10H2,1H3,(H,16,18). The lowest BCUT2D eigenvalue weighted by Gasteiger charge is -2.14. The summed E-state index contributed by atoms with van der Waals surface area (Å²) in [6.45, 7) is 2.74.